The van der Waals surface area contributed by atoms with Gasteiger partial charge in [0.15, 0.2) is 0 Å². The molecule has 0 saturated carbocycles. The number of halogens is 3. The van der Waals surface area contributed by atoms with Gasteiger partial charge >= 0.3 is 12.2 Å². The van der Waals surface area contributed by atoms with Gasteiger partial charge in [0.1, 0.15) is 5.69 Å². The molecule has 0 aliphatic carbocycles. The third-order valence-corrected chi connectivity index (χ3v) is 6.83. The number of nitrogens with one attached hydrogen (secondary N) is 1. The van der Waals surface area contributed by atoms with Crippen LogP contribution in [0.1, 0.15) is 12.5 Å². The normalized spacial score (nSPS) is 11.9. The first-order valence-corrected chi connectivity index (χ1v) is 11.7. The van der Waals surface area contributed by atoms with Gasteiger partial charge in [0, 0.05) is 11.1 Å². The molecular weight excluding hydrogens is 524 g/mol. The molecule has 0 saturated heterocycles. The number of rotatable bonds is 9. The van der Waals surface area contributed by atoms with Crippen LogP contribution in [-0.4, -0.2) is 30.5 Å². The molecule has 3 aromatic carbocycles. The summed E-state index contributed by atoms with van der Waals surface area (Å²) in [7, 11) is -4.60. The quantitative estimate of drug-likeness (QED) is 0.165. The lowest BCUT2D eigenvalue weighted by molar-refractivity contribution is -0.393. The Morgan fingerprint density at radius 1 is 1.00 bits per heavy atom. The van der Waals surface area contributed by atoms with Gasteiger partial charge in [-0.05, 0) is 55.0 Å². The lowest BCUT2D eigenvalue weighted by Crippen LogP contribution is -2.35. The second kappa shape index (κ2) is 10.6. The van der Waals surface area contributed by atoms with Crippen molar-refractivity contribution in [3.63, 3.8) is 0 Å². The topological polar surface area (TPSA) is 148 Å². The molecule has 11 nitrogen and oxygen atoms in total. The number of anilines is 2. The molecule has 0 amide bonds. The average Bonchev–Trinajstić information content (AvgIpc) is 2.82. The van der Waals surface area contributed by atoms with Crippen molar-refractivity contribution >= 4 is 50.1 Å². The predicted molar refractivity (Wildman–Crippen MR) is 129 cm³/mol. The number of benzene rings is 3. The van der Waals surface area contributed by atoms with Crippen LogP contribution in [0.2, 0.25) is 5.02 Å². The Hall–Kier alpha value is -4.17. The van der Waals surface area contributed by atoms with Crippen molar-refractivity contribution in [2.24, 2.45) is 5.10 Å². The number of hydrogen-bond acceptors (Lipinski definition) is 8. The van der Waals surface area contributed by atoms with Crippen molar-refractivity contribution in [3.05, 3.63) is 97.5 Å². The molecule has 0 spiro atoms. The van der Waals surface area contributed by atoms with Crippen molar-refractivity contribution < 1.29 is 27.0 Å². The zero-order valence-electron chi connectivity index (χ0n) is 18.2. The van der Waals surface area contributed by atoms with Crippen molar-refractivity contribution in [2.45, 2.75) is 18.4 Å². The summed E-state index contributed by atoms with van der Waals surface area (Å²) in [5.41, 5.74) is 1.63. The van der Waals surface area contributed by atoms with E-state index in [0.29, 0.717) is 5.56 Å². The number of alkyl halides is 2. The molecule has 0 atom stereocenters. The van der Waals surface area contributed by atoms with Gasteiger partial charge in [-0.2, -0.15) is 13.9 Å². The largest absolute Gasteiger partial charge is 0.328 e. The lowest BCUT2D eigenvalue weighted by Gasteiger charge is -2.23. The zero-order chi connectivity index (χ0) is 26.6. The summed E-state index contributed by atoms with van der Waals surface area (Å²) >= 11 is 5.74. The first-order valence-electron chi connectivity index (χ1n) is 9.83. The maximum atomic E-state index is 13.8. The summed E-state index contributed by atoms with van der Waals surface area (Å²) in [4.78, 5) is 20.1. The Morgan fingerprint density at radius 2 is 1.61 bits per heavy atom. The molecule has 3 aromatic rings. The fraction of sp³-hybridized carbons (Fsp3) is 0.0952. The third-order valence-electron chi connectivity index (χ3n) is 4.82. The Kier molecular flexibility index (Phi) is 7.80. The molecule has 3 rings (SSSR count). The first kappa shape index (κ1) is 26.4. The van der Waals surface area contributed by atoms with Gasteiger partial charge in [-0.15, -0.1) is 0 Å². The van der Waals surface area contributed by atoms with E-state index >= 15 is 0 Å². The van der Waals surface area contributed by atoms with Gasteiger partial charge in [0.2, 0.25) is 0 Å². The van der Waals surface area contributed by atoms with Crippen molar-refractivity contribution in [3.8, 4) is 0 Å². The maximum absolute atomic E-state index is 13.8. The molecule has 0 aliphatic heterocycles. The number of nitro groups is 2. The molecule has 36 heavy (non-hydrogen) atoms. The average molecular weight is 540 g/mol. The molecule has 0 fully saturated rings. The fourth-order valence-corrected chi connectivity index (χ4v) is 4.46. The molecule has 1 N–H and O–H groups in total. The van der Waals surface area contributed by atoms with E-state index < -0.39 is 37.8 Å². The minimum atomic E-state index is -4.60. The van der Waals surface area contributed by atoms with E-state index in [1.54, 1.807) is 0 Å². The van der Waals surface area contributed by atoms with Gasteiger partial charge in [0.05, 0.1) is 32.2 Å². The molecule has 188 valence electrons. The summed E-state index contributed by atoms with van der Waals surface area (Å²) in [6.45, 7) is -1.87. The summed E-state index contributed by atoms with van der Waals surface area (Å²) in [6, 6.07) is 12.7. The molecular formula is C21H16ClF2N5O6S. The van der Waals surface area contributed by atoms with Crippen molar-refractivity contribution in [1.29, 1.82) is 0 Å². The van der Waals surface area contributed by atoms with E-state index in [2.05, 4.69) is 10.5 Å². The zero-order valence-corrected chi connectivity index (χ0v) is 19.8. The number of nitro benzene ring substituents is 2. The summed E-state index contributed by atoms with van der Waals surface area (Å²) in [5, 5.41) is 26.3. The Bertz CT molecular complexity index is 1430. The standard InChI is InChI=1S/C21H16ClF2N5O6S/c1-13(25-26-19-11-8-17(28(30)31)12-20(19)29(32)33)14-2-6-16(7-3-14)27(21(23)24)36(34,35)18-9-4-15(22)5-10-18/h2-12,21,26H,1H3/b25-13-. The number of nitrogens with zero attached hydrogens (tertiary/aromatic N) is 4. The highest BCUT2D eigenvalue weighted by molar-refractivity contribution is 7.92. The molecule has 0 bridgehead atoms. The number of sulfonamides is 1. The van der Waals surface area contributed by atoms with E-state index in [0.717, 1.165) is 42.5 Å². The highest BCUT2D eigenvalue weighted by Gasteiger charge is 2.32. The van der Waals surface area contributed by atoms with Gasteiger partial charge in [0.25, 0.3) is 15.7 Å². The second-order valence-corrected chi connectivity index (χ2v) is 9.36. The third kappa shape index (κ3) is 5.72. The molecule has 15 heteroatoms. The van der Waals surface area contributed by atoms with Crippen LogP contribution in [0.25, 0.3) is 0 Å². The number of hydrazone groups is 1. The minimum Gasteiger partial charge on any atom is -0.271 e. The Labute approximate surface area is 208 Å². The van der Waals surface area contributed by atoms with E-state index in [1.807, 2.05) is 0 Å². The smallest absolute Gasteiger partial charge is 0.271 e. The van der Waals surface area contributed by atoms with E-state index in [4.69, 9.17) is 11.6 Å². The van der Waals surface area contributed by atoms with Crippen LogP contribution in [-0.2, 0) is 10.0 Å². The van der Waals surface area contributed by atoms with Gasteiger partial charge in [-0.25, -0.2) is 12.7 Å². The molecule has 0 aromatic heterocycles. The van der Waals surface area contributed by atoms with Gasteiger partial charge in [-0.3, -0.25) is 25.7 Å². The monoisotopic (exact) mass is 539 g/mol. The first-order chi connectivity index (χ1) is 16.9. The minimum absolute atomic E-state index is 0.0367. The predicted octanol–water partition coefficient (Wildman–Crippen LogP) is 5.41. The van der Waals surface area contributed by atoms with Crippen LogP contribution in [0.3, 0.4) is 0 Å². The van der Waals surface area contributed by atoms with Crippen LogP contribution in [0.5, 0.6) is 0 Å². The maximum Gasteiger partial charge on any atom is 0.328 e. The van der Waals surface area contributed by atoms with Gasteiger partial charge in [-0.1, -0.05) is 23.7 Å². The number of non-ortho nitro benzene ring substituents is 1. The van der Waals surface area contributed by atoms with E-state index in [1.165, 1.54) is 31.2 Å². The van der Waals surface area contributed by atoms with Crippen LogP contribution in [0.4, 0.5) is 31.5 Å². The van der Waals surface area contributed by atoms with Crippen LogP contribution in [0.15, 0.2) is 76.7 Å². The van der Waals surface area contributed by atoms with Crippen molar-refractivity contribution in [1.82, 2.24) is 0 Å². The van der Waals surface area contributed by atoms with Crippen LogP contribution >= 0.6 is 11.6 Å². The summed E-state index contributed by atoms with van der Waals surface area (Å²) < 4.78 is 53.1. The molecule has 0 heterocycles. The molecule has 0 aliphatic rings. The molecule has 0 radical (unpaired) electrons. The van der Waals surface area contributed by atoms with Crippen molar-refractivity contribution in [2.75, 3.05) is 9.73 Å². The van der Waals surface area contributed by atoms with Gasteiger partial charge < -0.3 is 0 Å². The Balaban J connectivity index is 1.87. The van der Waals surface area contributed by atoms with Crippen LogP contribution in [0, 0.1) is 20.2 Å². The van der Waals surface area contributed by atoms with E-state index in [9.17, 15) is 37.4 Å². The number of hydrogen-bond donors (Lipinski definition) is 1. The fourth-order valence-electron chi connectivity index (χ4n) is 3.01. The highest BCUT2D eigenvalue weighted by atomic mass is 35.5. The second-order valence-electron chi connectivity index (χ2n) is 7.10. The highest BCUT2D eigenvalue weighted by Crippen LogP contribution is 2.30. The summed E-state index contributed by atoms with van der Waals surface area (Å²) in [5.74, 6) is 0. The lowest BCUT2D eigenvalue weighted by atomic mass is 10.1. The van der Waals surface area contributed by atoms with Crippen LogP contribution < -0.4 is 9.73 Å². The Morgan fingerprint density at radius 3 is 2.14 bits per heavy atom. The van der Waals surface area contributed by atoms with E-state index in [-0.39, 0.29) is 31.3 Å². The molecule has 0 unspecified atom stereocenters. The summed E-state index contributed by atoms with van der Waals surface area (Å²) in [6.07, 6.45) is 0. The SMILES string of the molecule is C/C(=N/Nc1ccc([N+](=O)[O-])cc1[N+](=O)[O-])c1ccc(N(C(F)F)S(=O)(=O)c2ccc(Cl)cc2)cc1.